The van der Waals surface area contributed by atoms with Crippen molar-refractivity contribution in [2.45, 2.75) is 50.2 Å². The number of amides is 1. The molecule has 3 atom stereocenters. The third-order valence-electron chi connectivity index (χ3n) is 5.22. The molecule has 9 nitrogen and oxygen atoms in total. The van der Waals surface area contributed by atoms with Crippen LogP contribution in [0.3, 0.4) is 0 Å². The zero-order valence-electron chi connectivity index (χ0n) is 16.7. The summed E-state index contributed by atoms with van der Waals surface area (Å²) in [5.74, 6) is -3.92. The smallest absolute Gasteiger partial charge is 0.351 e. The predicted octanol–water partition coefficient (Wildman–Crippen LogP) is 1.09. The fourth-order valence-corrected chi connectivity index (χ4v) is 3.70. The first-order valence-corrected chi connectivity index (χ1v) is 9.56. The van der Waals surface area contributed by atoms with Crippen LogP contribution in [-0.4, -0.2) is 56.0 Å². The van der Waals surface area contributed by atoms with E-state index in [1.807, 2.05) is 13.8 Å². The van der Waals surface area contributed by atoms with Crippen molar-refractivity contribution in [2.75, 3.05) is 11.9 Å². The minimum absolute atomic E-state index is 0.145. The Bertz CT molecular complexity index is 1090. The Labute approximate surface area is 175 Å². The molecule has 31 heavy (non-hydrogen) atoms. The number of anilines is 1. The van der Waals surface area contributed by atoms with Crippen LogP contribution in [0.15, 0.2) is 35.3 Å². The number of aliphatic hydroxyl groups is 2. The molecule has 0 saturated carbocycles. The number of ether oxygens (including phenoxy) is 2. The van der Waals surface area contributed by atoms with E-state index < -0.39 is 42.6 Å². The lowest BCUT2D eigenvalue weighted by molar-refractivity contribution is -0.140. The molecular weight excluding hydrogens is 416 g/mol. The van der Waals surface area contributed by atoms with E-state index in [4.69, 9.17) is 14.6 Å². The van der Waals surface area contributed by atoms with Gasteiger partial charge in [0.1, 0.15) is 23.3 Å². The Morgan fingerprint density at radius 2 is 2.10 bits per heavy atom. The van der Waals surface area contributed by atoms with E-state index >= 15 is 0 Å². The maximum atomic E-state index is 14.2. The molecule has 1 unspecified atom stereocenters. The van der Waals surface area contributed by atoms with Gasteiger partial charge in [-0.15, -0.1) is 0 Å². The Morgan fingerprint density at radius 1 is 1.35 bits per heavy atom. The van der Waals surface area contributed by atoms with Crippen LogP contribution in [0, 0.1) is 0 Å². The van der Waals surface area contributed by atoms with Crippen molar-refractivity contribution in [1.82, 2.24) is 9.55 Å². The van der Waals surface area contributed by atoms with Gasteiger partial charge in [-0.2, -0.15) is 13.8 Å². The van der Waals surface area contributed by atoms with Gasteiger partial charge < -0.3 is 25.0 Å². The molecule has 0 spiro atoms. The molecular formula is C20H21F2N3O6. The van der Waals surface area contributed by atoms with Crippen molar-refractivity contribution in [2.24, 2.45) is 0 Å². The molecule has 2 aromatic rings. The van der Waals surface area contributed by atoms with Crippen molar-refractivity contribution in [1.29, 1.82) is 0 Å². The molecule has 3 heterocycles. The topological polar surface area (TPSA) is 123 Å². The monoisotopic (exact) mass is 437 g/mol. The third-order valence-corrected chi connectivity index (χ3v) is 5.22. The Hall–Kier alpha value is -2.89. The molecule has 2 aliphatic rings. The van der Waals surface area contributed by atoms with Gasteiger partial charge >= 0.3 is 11.6 Å². The summed E-state index contributed by atoms with van der Waals surface area (Å²) in [5, 5.41) is 21.1. The van der Waals surface area contributed by atoms with E-state index in [2.05, 4.69) is 10.3 Å². The highest BCUT2D eigenvalue weighted by atomic mass is 19.3. The number of alkyl halides is 2. The fraction of sp³-hybridized carbons (Fsp3) is 0.450. The van der Waals surface area contributed by atoms with Crippen LogP contribution in [-0.2, 0) is 11.2 Å². The van der Waals surface area contributed by atoms with Crippen LogP contribution in [0.5, 0.6) is 5.75 Å². The molecule has 1 fully saturated rings. The van der Waals surface area contributed by atoms with Gasteiger partial charge in [0.15, 0.2) is 6.10 Å². The molecule has 0 aliphatic carbocycles. The maximum absolute atomic E-state index is 14.2. The summed E-state index contributed by atoms with van der Waals surface area (Å²) in [6, 6.07) is 6.14. The summed E-state index contributed by atoms with van der Waals surface area (Å²) in [4.78, 5) is 28.4. The van der Waals surface area contributed by atoms with E-state index in [1.54, 1.807) is 18.2 Å². The predicted molar refractivity (Wildman–Crippen MR) is 103 cm³/mol. The van der Waals surface area contributed by atoms with Crippen LogP contribution >= 0.6 is 0 Å². The van der Waals surface area contributed by atoms with E-state index in [0.29, 0.717) is 16.7 Å². The first kappa shape index (κ1) is 21.3. The number of hydrogen-bond donors (Lipinski definition) is 3. The zero-order valence-corrected chi connectivity index (χ0v) is 16.7. The second-order valence-corrected chi connectivity index (χ2v) is 8.15. The molecule has 1 aromatic carbocycles. The maximum Gasteiger partial charge on any atom is 0.351 e. The first-order chi connectivity index (χ1) is 14.5. The van der Waals surface area contributed by atoms with Crippen LogP contribution in [0.2, 0.25) is 0 Å². The summed E-state index contributed by atoms with van der Waals surface area (Å²) in [5.41, 5.74) is -0.228. The minimum atomic E-state index is -3.82. The summed E-state index contributed by atoms with van der Waals surface area (Å²) in [6.45, 7) is 3.03. The largest absolute Gasteiger partial charge is 0.487 e. The SMILES string of the molecule is CC1(C)Cc2ccc(C(=O)Nc3ccn([C@@H]4OC(CO)[C@H](O)C4(F)F)c(=O)n3)cc2O1. The first-order valence-electron chi connectivity index (χ1n) is 9.56. The molecule has 1 aromatic heterocycles. The Morgan fingerprint density at radius 3 is 2.74 bits per heavy atom. The van der Waals surface area contributed by atoms with Gasteiger partial charge in [-0.05, 0) is 37.6 Å². The van der Waals surface area contributed by atoms with E-state index in [9.17, 15) is 23.5 Å². The molecule has 3 N–H and O–H groups in total. The number of nitrogens with zero attached hydrogens (tertiary/aromatic N) is 2. The molecule has 1 saturated heterocycles. The zero-order chi connectivity index (χ0) is 22.6. The second kappa shape index (κ2) is 7.36. The quantitative estimate of drug-likeness (QED) is 0.655. The fourth-order valence-electron chi connectivity index (χ4n) is 3.70. The average molecular weight is 437 g/mol. The second-order valence-electron chi connectivity index (χ2n) is 8.15. The van der Waals surface area contributed by atoms with Crippen molar-refractivity contribution in [3.8, 4) is 5.75 Å². The lowest BCUT2D eigenvalue weighted by Gasteiger charge is -2.21. The van der Waals surface area contributed by atoms with Crippen molar-refractivity contribution in [3.63, 3.8) is 0 Å². The standard InChI is InChI=1S/C20H21F2N3O6/c1-19(2)8-11-4-3-10(7-12(11)31-19)16(28)23-14-5-6-25(18(29)24-14)17-20(21,22)15(27)13(9-26)30-17/h3-7,13,15,17,26-27H,8-9H2,1-2H3,(H,23,24,28,29)/t13?,15-,17+/m0/s1. The summed E-state index contributed by atoms with van der Waals surface area (Å²) in [6.07, 6.45) is -4.27. The average Bonchev–Trinajstić information content (AvgIpc) is 3.13. The number of nitrogens with one attached hydrogen (secondary N) is 1. The van der Waals surface area contributed by atoms with Crippen LogP contribution in [0.1, 0.15) is 36.0 Å². The summed E-state index contributed by atoms with van der Waals surface area (Å²) < 4.78 is 39.7. The number of aliphatic hydroxyl groups excluding tert-OH is 2. The van der Waals surface area contributed by atoms with Crippen LogP contribution in [0.4, 0.5) is 14.6 Å². The number of hydrogen-bond acceptors (Lipinski definition) is 7. The highest BCUT2D eigenvalue weighted by molar-refractivity contribution is 6.04. The lowest BCUT2D eigenvalue weighted by Crippen LogP contribution is -2.41. The van der Waals surface area contributed by atoms with Gasteiger partial charge in [0.25, 0.3) is 5.91 Å². The summed E-state index contributed by atoms with van der Waals surface area (Å²) >= 11 is 0. The van der Waals surface area contributed by atoms with Crippen molar-refractivity contribution < 1.29 is 33.3 Å². The van der Waals surface area contributed by atoms with Gasteiger partial charge in [-0.25, -0.2) is 4.79 Å². The molecule has 4 rings (SSSR count). The Kier molecular flexibility index (Phi) is 5.07. The number of aromatic nitrogens is 2. The van der Waals surface area contributed by atoms with Gasteiger partial charge in [-0.3, -0.25) is 9.36 Å². The number of rotatable bonds is 4. The van der Waals surface area contributed by atoms with E-state index in [1.165, 1.54) is 0 Å². The van der Waals surface area contributed by atoms with Crippen molar-refractivity contribution in [3.05, 3.63) is 52.1 Å². The third kappa shape index (κ3) is 3.80. The molecule has 1 amide bonds. The highest BCUT2D eigenvalue weighted by Crippen LogP contribution is 2.42. The van der Waals surface area contributed by atoms with E-state index in [0.717, 1.165) is 17.8 Å². The molecule has 0 radical (unpaired) electrons. The van der Waals surface area contributed by atoms with Crippen molar-refractivity contribution >= 4 is 11.7 Å². The molecule has 2 aliphatic heterocycles. The summed E-state index contributed by atoms with van der Waals surface area (Å²) in [7, 11) is 0. The highest BCUT2D eigenvalue weighted by Gasteiger charge is 2.59. The molecule has 0 bridgehead atoms. The number of carbonyl (C=O) groups is 1. The molecule has 11 heteroatoms. The number of carbonyl (C=O) groups excluding carboxylic acids is 1. The number of fused-ring (bicyclic) bond motifs is 1. The molecule has 166 valence electrons. The number of halogens is 2. The van der Waals surface area contributed by atoms with Gasteiger partial charge in [0.05, 0.1) is 6.61 Å². The normalized spacial score (nSPS) is 25.7. The van der Waals surface area contributed by atoms with Gasteiger partial charge in [-0.1, -0.05) is 6.07 Å². The van der Waals surface area contributed by atoms with Crippen LogP contribution < -0.4 is 15.7 Å². The van der Waals surface area contributed by atoms with Gasteiger partial charge in [0.2, 0.25) is 6.23 Å². The van der Waals surface area contributed by atoms with Gasteiger partial charge in [0, 0.05) is 18.2 Å². The Balaban J connectivity index is 1.52. The van der Waals surface area contributed by atoms with E-state index in [-0.39, 0.29) is 17.0 Å². The lowest BCUT2D eigenvalue weighted by atomic mass is 10.0. The minimum Gasteiger partial charge on any atom is -0.487 e. The number of benzene rings is 1. The van der Waals surface area contributed by atoms with Crippen LogP contribution in [0.25, 0.3) is 0 Å².